The van der Waals surface area contributed by atoms with Crippen LogP contribution in [0.1, 0.15) is 36.8 Å². The molecule has 0 atom stereocenters. The number of rotatable bonds is 8. The van der Waals surface area contributed by atoms with Gasteiger partial charge >= 0.3 is 0 Å². The second-order valence-corrected chi connectivity index (χ2v) is 6.76. The smallest absolute Gasteiger partial charge is 0.220 e. The van der Waals surface area contributed by atoms with Crippen LogP contribution in [-0.2, 0) is 11.3 Å². The van der Waals surface area contributed by atoms with E-state index in [1.54, 1.807) is 0 Å². The molecule has 0 spiro atoms. The maximum atomic E-state index is 12.0. The Hall–Kier alpha value is -2.56. The first kappa shape index (κ1) is 18.2. The van der Waals surface area contributed by atoms with Crippen molar-refractivity contribution >= 4 is 11.7 Å². The maximum Gasteiger partial charge on any atom is 0.220 e. The molecule has 138 valence electrons. The Morgan fingerprint density at radius 2 is 2.08 bits per heavy atom. The van der Waals surface area contributed by atoms with Gasteiger partial charge in [-0.15, -0.1) is 0 Å². The number of anilines is 1. The lowest BCUT2D eigenvalue weighted by molar-refractivity contribution is -0.121. The number of ether oxygens (including phenoxy) is 1. The average molecular weight is 353 g/mol. The number of benzene rings is 1. The monoisotopic (exact) mass is 353 g/mol. The van der Waals surface area contributed by atoms with Crippen LogP contribution in [0.2, 0.25) is 0 Å². The Morgan fingerprint density at radius 3 is 2.81 bits per heavy atom. The molecule has 1 aromatic carbocycles. The second-order valence-electron chi connectivity index (χ2n) is 6.76. The first-order valence-corrected chi connectivity index (χ1v) is 9.37. The summed E-state index contributed by atoms with van der Waals surface area (Å²) in [7, 11) is 0. The SMILES string of the molecule is Cc1cccc(OCCCC(=O)NCc2ccc(N3CCCC3)nc2)c1. The molecule has 0 aliphatic carbocycles. The van der Waals surface area contributed by atoms with E-state index >= 15 is 0 Å². The minimum atomic E-state index is 0.0430. The van der Waals surface area contributed by atoms with Gasteiger partial charge in [-0.25, -0.2) is 4.98 Å². The van der Waals surface area contributed by atoms with Crippen LogP contribution < -0.4 is 15.0 Å². The highest BCUT2D eigenvalue weighted by Gasteiger charge is 2.13. The molecule has 1 aliphatic heterocycles. The lowest BCUT2D eigenvalue weighted by Crippen LogP contribution is -2.23. The molecule has 0 radical (unpaired) electrons. The number of nitrogens with one attached hydrogen (secondary N) is 1. The summed E-state index contributed by atoms with van der Waals surface area (Å²) in [6.45, 7) is 5.28. The van der Waals surface area contributed by atoms with Crippen molar-refractivity contribution in [3.05, 3.63) is 53.7 Å². The maximum absolute atomic E-state index is 12.0. The fourth-order valence-electron chi connectivity index (χ4n) is 3.07. The van der Waals surface area contributed by atoms with Crippen LogP contribution in [-0.4, -0.2) is 30.6 Å². The molecule has 1 fully saturated rings. The zero-order valence-corrected chi connectivity index (χ0v) is 15.4. The fourth-order valence-corrected chi connectivity index (χ4v) is 3.07. The predicted molar refractivity (Wildman–Crippen MR) is 103 cm³/mol. The summed E-state index contributed by atoms with van der Waals surface area (Å²) in [5, 5.41) is 2.95. The summed E-state index contributed by atoms with van der Waals surface area (Å²) in [5.74, 6) is 1.93. The van der Waals surface area contributed by atoms with E-state index < -0.39 is 0 Å². The van der Waals surface area contributed by atoms with Crippen molar-refractivity contribution in [2.75, 3.05) is 24.6 Å². The van der Waals surface area contributed by atoms with Crippen LogP contribution in [0.15, 0.2) is 42.6 Å². The summed E-state index contributed by atoms with van der Waals surface area (Å²) in [4.78, 5) is 18.8. The van der Waals surface area contributed by atoms with Crippen LogP contribution >= 0.6 is 0 Å². The van der Waals surface area contributed by atoms with E-state index in [0.29, 0.717) is 26.0 Å². The lowest BCUT2D eigenvalue weighted by atomic mass is 10.2. The highest BCUT2D eigenvalue weighted by atomic mass is 16.5. The summed E-state index contributed by atoms with van der Waals surface area (Å²) in [6.07, 6.45) is 5.51. The molecule has 5 nitrogen and oxygen atoms in total. The number of hydrogen-bond acceptors (Lipinski definition) is 4. The quantitative estimate of drug-likeness (QED) is 0.739. The van der Waals surface area contributed by atoms with Gasteiger partial charge in [0, 0.05) is 32.3 Å². The van der Waals surface area contributed by atoms with Gasteiger partial charge < -0.3 is 15.0 Å². The van der Waals surface area contributed by atoms with Crippen LogP contribution in [0.4, 0.5) is 5.82 Å². The number of aryl methyl sites for hydroxylation is 1. The molecule has 1 aliphatic rings. The van der Waals surface area contributed by atoms with Crippen molar-refractivity contribution in [2.24, 2.45) is 0 Å². The number of pyridine rings is 1. The largest absolute Gasteiger partial charge is 0.494 e. The van der Waals surface area contributed by atoms with Crippen molar-refractivity contribution < 1.29 is 9.53 Å². The second kappa shape index (κ2) is 9.22. The summed E-state index contributed by atoms with van der Waals surface area (Å²) < 4.78 is 5.67. The fraction of sp³-hybridized carbons (Fsp3) is 0.429. The van der Waals surface area contributed by atoms with Gasteiger partial charge in [0.1, 0.15) is 11.6 Å². The molecule has 5 heteroatoms. The third-order valence-corrected chi connectivity index (χ3v) is 4.54. The van der Waals surface area contributed by atoms with Gasteiger partial charge in [-0.2, -0.15) is 0 Å². The summed E-state index contributed by atoms with van der Waals surface area (Å²) in [6, 6.07) is 12.0. The van der Waals surface area contributed by atoms with Gasteiger partial charge in [0.25, 0.3) is 0 Å². The van der Waals surface area contributed by atoms with Crippen LogP contribution in [0.3, 0.4) is 0 Å². The van der Waals surface area contributed by atoms with E-state index in [1.807, 2.05) is 49.5 Å². The van der Waals surface area contributed by atoms with E-state index in [4.69, 9.17) is 4.74 Å². The molecule has 0 bridgehead atoms. The predicted octanol–water partition coefficient (Wildman–Crippen LogP) is 3.47. The molecule has 1 N–H and O–H groups in total. The molecule has 2 heterocycles. The molecular weight excluding hydrogens is 326 g/mol. The van der Waals surface area contributed by atoms with E-state index in [1.165, 1.54) is 18.4 Å². The minimum Gasteiger partial charge on any atom is -0.494 e. The number of hydrogen-bond donors (Lipinski definition) is 1. The Kier molecular flexibility index (Phi) is 6.47. The number of aromatic nitrogens is 1. The zero-order valence-electron chi connectivity index (χ0n) is 15.4. The van der Waals surface area contributed by atoms with E-state index in [0.717, 1.165) is 30.2 Å². The Labute approximate surface area is 155 Å². The molecule has 1 saturated heterocycles. The third kappa shape index (κ3) is 5.48. The first-order valence-electron chi connectivity index (χ1n) is 9.37. The van der Waals surface area contributed by atoms with Crippen LogP contribution in [0.25, 0.3) is 0 Å². The molecule has 0 unspecified atom stereocenters. The van der Waals surface area contributed by atoms with Gasteiger partial charge in [-0.1, -0.05) is 18.2 Å². The van der Waals surface area contributed by atoms with Gasteiger partial charge in [-0.3, -0.25) is 4.79 Å². The molecular formula is C21H27N3O2. The van der Waals surface area contributed by atoms with Gasteiger partial charge in [0.05, 0.1) is 6.61 Å². The van der Waals surface area contributed by atoms with Crippen molar-refractivity contribution in [1.29, 1.82) is 0 Å². The topological polar surface area (TPSA) is 54.5 Å². The zero-order chi connectivity index (χ0) is 18.2. The third-order valence-electron chi connectivity index (χ3n) is 4.54. The highest BCUT2D eigenvalue weighted by Crippen LogP contribution is 2.17. The molecule has 1 amide bonds. The van der Waals surface area contributed by atoms with Crippen molar-refractivity contribution in [3.8, 4) is 5.75 Å². The van der Waals surface area contributed by atoms with Crippen LogP contribution in [0, 0.1) is 6.92 Å². The van der Waals surface area contributed by atoms with E-state index in [9.17, 15) is 4.79 Å². The molecule has 3 rings (SSSR count). The normalized spacial score (nSPS) is 13.7. The minimum absolute atomic E-state index is 0.0430. The number of carbonyl (C=O) groups excluding carboxylic acids is 1. The number of amides is 1. The van der Waals surface area contributed by atoms with Crippen molar-refractivity contribution in [1.82, 2.24) is 10.3 Å². The van der Waals surface area contributed by atoms with Crippen LogP contribution in [0.5, 0.6) is 5.75 Å². The van der Waals surface area contributed by atoms with E-state index in [-0.39, 0.29) is 5.91 Å². The Morgan fingerprint density at radius 1 is 1.23 bits per heavy atom. The summed E-state index contributed by atoms with van der Waals surface area (Å²) in [5.41, 5.74) is 2.20. The molecule has 0 saturated carbocycles. The Bertz CT molecular complexity index is 709. The summed E-state index contributed by atoms with van der Waals surface area (Å²) >= 11 is 0. The van der Waals surface area contributed by atoms with Crippen molar-refractivity contribution in [3.63, 3.8) is 0 Å². The lowest BCUT2D eigenvalue weighted by Gasteiger charge is -2.16. The van der Waals surface area contributed by atoms with Crippen molar-refractivity contribution in [2.45, 2.75) is 39.2 Å². The standard InChI is InChI=1S/C21H27N3O2/c1-17-6-4-7-19(14-17)26-13-5-8-21(25)23-16-18-9-10-20(22-15-18)24-11-2-3-12-24/h4,6-7,9-10,14-15H,2-3,5,8,11-13,16H2,1H3,(H,23,25). The van der Waals surface area contributed by atoms with Gasteiger partial charge in [0.2, 0.25) is 5.91 Å². The highest BCUT2D eigenvalue weighted by molar-refractivity contribution is 5.75. The van der Waals surface area contributed by atoms with Gasteiger partial charge in [0.15, 0.2) is 0 Å². The molecule has 26 heavy (non-hydrogen) atoms. The number of carbonyl (C=O) groups is 1. The first-order chi connectivity index (χ1) is 12.7. The number of nitrogens with zero attached hydrogens (tertiary/aromatic N) is 2. The Balaban J connectivity index is 1.33. The van der Waals surface area contributed by atoms with E-state index in [2.05, 4.69) is 15.2 Å². The molecule has 1 aromatic heterocycles. The van der Waals surface area contributed by atoms with Gasteiger partial charge in [-0.05, 0) is 55.5 Å². The molecule has 2 aromatic rings. The average Bonchev–Trinajstić information content (AvgIpc) is 3.19.